The molecule has 1 aromatic heterocycles. The van der Waals surface area contributed by atoms with Crippen molar-refractivity contribution in [3.05, 3.63) is 52.6 Å². The van der Waals surface area contributed by atoms with Gasteiger partial charge in [0.2, 0.25) is 11.8 Å². The summed E-state index contributed by atoms with van der Waals surface area (Å²) in [6, 6.07) is 5.01. The second-order valence-corrected chi connectivity index (χ2v) is 7.79. The van der Waals surface area contributed by atoms with E-state index < -0.39 is 5.60 Å². The number of fused-ring (bicyclic) bond motifs is 1. The van der Waals surface area contributed by atoms with Gasteiger partial charge in [-0.25, -0.2) is 4.98 Å². The third kappa shape index (κ3) is 4.88. The molecule has 0 spiro atoms. The molecule has 1 aliphatic rings. The first-order chi connectivity index (χ1) is 14.4. The van der Waals surface area contributed by atoms with Crippen molar-refractivity contribution in [2.75, 3.05) is 26.7 Å². The van der Waals surface area contributed by atoms with E-state index in [9.17, 15) is 14.4 Å². The van der Waals surface area contributed by atoms with Gasteiger partial charge in [0.05, 0.1) is 29.4 Å². The van der Waals surface area contributed by atoms with E-state index in [1.807, 2.05) is 0 Å². The maximum absolute atomic E-state index is 12.9. The number of rotatable bonds is 7. The first kappa shape index (κ1) is 22.0. The number of piperidine rings is 1. The van der Waals surface area contributed by atoms with Crippen LogP contribution in [0.15, 0.2) is 42.0 Å². The highest BCUT2D eigenvalue weighted by atomic mass is 35.5. The Bertz CT molecular complexity index is 1010. The van der Waals surface area contributed by atoms with Crippen molar-refractivity contribution in [2.45, 2.75) is 31.4 Å². The number of methoxy groups -OCH3 is 1. The number of carbonyl (C=O) groups is 2. The van der Waals surface area contributed by atoms with E-state index in [-0.39, 0.29) is 30.3 Å². The molecule has 2 amide bonds. The Hall–Kier alpha value is -2.71. The van der Waals surface area contributed by atoms with Crippen molar-refractivity contribution >= 4 is 34.3 Å². The maximum atomic E-state index is 12.9. The highest BCUT2D eigenvalue weighted by Crippen LogP contribution is 2.28. The summed E-state index contributed by atoms with van der Waals surface area (Å²) in [7, 11) is 1.63. The van der Waals surface area contributed by atoms with Crippen LogP contribution in [0.1, 0.15) is 19.3 Å². The van der Waals surface area contributed by atoms with Crippen LogP contribution < -0.4 is 10.9 Å². The summed E-state index contributed by atoms with van der Waals surface area (Å²) in [6.07, 6.45) is 4.12. The molecule has 0 atom stereocenters. The van der Waals surface area contributed by atoms with Gasteiger partial charge in [-0.2, -0.15) is 0 Å². The summed E-state index contributed by atoms with van der Waals surface area (Å²) in [5, 5.41) is 3.64. The number of hydrogen-bond donors (Lipinski definition) is 1. The van der Waals surface area contributed by atoms with Crippen molar-refractivity contribution in [1.29, 1.82) is 0 Å². The Morgan fingerprint density at radius 3 is 2.77 bits per heavy atom. The fraction of sp³-hybridized carbons (Fsp3) is 0.429. The minimum absolute atomic E-state index is 0.0227. The van der Waals surface area contributed by atoms with Gasteiger partial charge in [0.1, 0.15) is 0 Å². The summed E-state index contributed by atoms with van der Waals surface area (Å²) < 4.78 is 7.37. The number of aromatic nitrogens is 2. The molecule has 0 radical (unpaired) electrons. The lowest BCUT2D eigenvalue weighted by molar-refractivity contribution is -0.137. The van der Waals surface area contributed by atoms with Gasteiger partial charge in [-0.1, -0.05) is 18.2 Å². The highest BCUT2D eigenvalue weighted by molar-refractivity contribution is 6.31. The minimum atomic E-state index is -0.556. The quantitative estimate of drug-likeness (QED) is 0.673. The SMILES string of the molecule is C=CC(=O)NCCC(=O)N1CCC(Cn2cnc3cc(Cl)ccc3c2=O)(OC)CC1. The molecule has 8 nitrogen and oxygen atoms in total. The molecule has 0 aliphatic carbocycles. The predicted octanol–water partition coefficient (Wildman–Crippen LogP) is 1.75. The number of ether oxygens (including phenoxy) is 1. The molecule has 160 valence electrons. The van der Waals surface area contributed by atoms with E-state index in [0.29, 0.717) is 48.4 Å². The lowest BCUT2D eigenvalue weighted by Gasteiger charge is -2.41. The zero-order chi connectivity index (χ0) is 21.7. The van der Waals surface area contributed by atoms with Crippen LogP contribution in [0.25, 0.3) is 10.9 Å². The molecule has 3 rings (SSSR count). The van der Waals surface area contributed by atoms with Crippen LogP contribution in [0.2, 0.25) is 5.02 Å². The number of carbonyl (C=O) groups excluding carboxylic acids is 2. The Labute approximate surface area is 179 Å². The summed E-state index contributed by atoms with van der Waals surface area (Å²) in [4.78, 5) is 42.5. The molecule has 0 unspecified atom stereocenters. The number of hydrogen-bond acceptors (Lipinski definition) is 5. The Kier molecular flexibility index (Phi) is 6.89. The van der Waals surface area contributed by atoms with Gasteiger partial charge in [-0.15, -0.1) is 0 Å². The molecule has 1 N–H and O–H groups in total. The van der Waals surface area contributed by atoms with Gasteiger partial charge < -0.3 is 15.0 Å². The second kappa shape index (κ2) is 9.40. The summed E-state index contributed by atoms with van der Waals surface area (Å²) in [5.41, 5.74) is -0.150. The van der Waals surface area contributed by atoms with E-state index in [0.717, 1.165) is 0 Å². The molecule has 0 saturated carbocycles. The van der Waals surface area contributed by atoms with Gasteiger partial charge in [0.15, 0.2) is 0 Å². The van der Waals surface area contributed by atoms with Gasteiger partial charge in [0, 0.05) is 38.2 Å². The molecule has 0 bridgehead atoms. The fourth-order valence-corrected chi connectivity index (χ4v) is 3.83. The first-order valence-electron chi connectivity index (χ1n) is 9.75. The standard InChI is InChI=1S/C21H25ClN4O4/c1-3-18(27)23-9-6-19(28)25-10-7-21(30-2,8-11-25)13-26-14-24-17-12-15(22)4-5-16(17)20(26)29/h3-5,12,14H,1,6-11,13H2,2H3,(H,23,27). The normalized spacial score (nSPS) is 15.7. The number of halogens is 1. The van der Waals surface area contributed by atoms with Crippen LogP contribution in [0, 0.1) is 0 Å². The van der Waals surface area contributed by atoms with E-state index in [1.54, 1.807) is 34.8 Å². The summed E-state index contributed by atoms with van der Waals surface area (Å²) in [5.74, 6) is -0.318. The van der Waals surface area contributed by atoms with Crippen molar-refractivity contribution < 1.29 is 14.3 Å². The maximum Gasteiger partial charge on any atom is 0.261 e. The van der Waals surface area contributed by atoms with E-state index in [1.165, 1.54) is 12.4 Å². The van der Waals surface area contributed by atoms with E-state index >= 15 is 0 Å². The minimum Gasteiger partial charge on any atom is -0.376 e. The van der Waals surface area contributed by atoms with Crippen LogP contribution in [0.5, 0.6) is 0 Å². The molecule has 1 aliphatic heterocycles. The van der Waals surface area contributed by atoms with Gasteiger partial charge >= 0.3 is 0 Å². The van der Waals surface area contributed by atoms with Gasteiger partial charge in [0.25, 0.3) is 5.56 Å². The van der Waals surface area contributed by atoms with Crippen molar-refractivity contribution in [1.82, 2.24) is 19.8 Å². The predicted molar refractivity (Wildman–Crippen MR) is 114 cm³/mol. The molecule has 9 heteroatoms. The Morgan fingerprint density at radius 2 is 2.10 bits per heavy atom. The van der Waals surface area contributed by atoms with Crippen molar-refractivity contribution in [3.8, 4) is 0 Å². The number of amides is 2. The topological polar surface area (TPSA) is 93.5 Å². The third-order valence-electron chi connectivity index (χ3n) is 5.53. The van der Waals surface area contributed by atoms with Crippen molar-refractivity contribution in [2.24, 2.45) is 0 Å². The average Bonchev–Trinajstić information content (AvgIpc) is 2.76. The summed E-state index contributed by atoms with van der Waals surface area (Å²) in [6.45, 7) is 5.05. The van der Waals surface area contributed by atoms with Crippen LogP contribution in [0.4, 0.5) is 0 Å². The molecular weight excluding hydrogens is 408 g/mol. The molecule has 30 heavy (non-hydrogen) atoms. The summed E-state index contributed by atoms with van der Waals surface area (Å²) >= 11 is 5.98. The number of benzene rings is 1. The largest absolute Gasteiger partial charge is 0.376 e. The number of nitrogens with zero attached hydrogens (tertiary/aromatic N) is 3. The molecule has 2 aromatic rings. The zero-order valence-corrected chi connectivity index (χ0v) is 17.7. The number of nitrogens with one attached hydrogen (secondary N) is 1. The molecular formula is C21H25ClN4O4. The molecule has 2 heterocycles. The smallest absolute Gasteiger partial charge is 0.261 e. The average molecular weight is 433 g/mol. The van der Waals surface area contributed by atoms with E-state index in [4.69, 9.17) is 16.3 Å². The monoisotopic (exact) mass is 432 g/mol. The van der Waals surface area contributed by atoms with Gasteiger partial charge in [-0.05, 0) is 37.1 Å². The van der Waals surface area contributed by atoms with Crippen LogP contribution in [-0.4, -0.2) is 58.6 Å². The Balaban J connectivity index is 1.65. The number of likely N-dealkylation sites (tertiary alicyclic amines) is 1. The molecule has 1 saturated heterocycles. The Morgan fingerprint density at radius 1 is 1.37 bits per heavy atom. The van der Waals surface area contributed by atoms with Crippen molar-refractivity contribution in [3.63, 3.8) is 0 Å². The second-order valence-electron chi connectivity index (χ2n) is 7.35. The first-order valence-corrected chi connectivity index (χ1v) is 10.1. The lowest BCUT2D eigenvalue weighted by Crippen LogP contribution is -2.51. The lowest BCUT2D eigenvalue weighted by atomic mass is 9.90. The third-order valence-corrected chi connectivity index (χ3v) is 5.76. The van der Waals surface area contributed by atoms with Crippen LogP contribution in [0.3, 0.4) is 0 Å². The van der Waals surface area contributed by atoms with Gasteiger partial charge in [-0.3, -0.25) is 19.0 Å². The zero-order valence-electron chi connectivity index (χ0n) is 16.9. The fourth-order valence-electron chi connectivity index (χ4n) is 3.67. The highest BCUT2D eigenvalue weighted by Gasteiger charge is 2.36. The van der Waals surface area contributed by atoms with Crippen LogP contribution >= 0.6 is 11.6 Å². The van der Waals surface area contributed by atoms with E-state index in [2.05, 4.69) is 16.9 Å². The van der Waals surface area contributed by atoms with Crippen LogP contribution in [-0.2, 0) is 20.9 Å². The molecule has 1 aromatic carbocycles. The molecule has 1 fully saturated rings.